The van der Waals surface area contributed by atoms with Crippen LogP contribution in [-0.4, -0.2) is 70.1 Å². The number of carbonyl (C=O) groups is 1. The molecule has 1 saturated carbocycles. The Morgan fingerprint density at radius 1 is 0.909 bits per heavy atom. The zero-order valence-corrected chi connectivity index (χ0v) is 26.7. The number of hydrogen-bond donors (Lipinski definition) is 2. The fourth-order valence-electron chi connectivity index (χ4n) is 8.11. The van der Waals surface area contributed by atoms with Crippen LogP contribution in [0.1, 0.15) is 44.6 Å². The lowest BCUT2D eigenvalue weighted by atomic mass is 9.59. The Morgan fingerprint density at radius 2 is 1.57 bits per heavy atom. The van der Waals surface area contributed by atoms with E-state index in [9.17, 15) is 13.2 Å². The summed E-state index contributed by atoms with van der Waals surface area (Å²) in [6, 6.07) is 21.5. The van der Waals surface area contributed by atoms with E-state index in [1.807, 2.05) is 12.1 Å². The third kappa shape index (κ3) is 6.09. The highest BCUT2D eigenvalue weighted by molar-refractivity contribution is 7.91. The number of urea groups is 1. The van der Waals surface area contributed by atoms with Crippen LogP contribution < -0.4 is 15.5 Å². The van der Waals surface area contributed by atoms with E-state index < -0.39 is 9.84 Å². The third-order valence-corrected chi connectivity index (χ3v) is 12.4. The first-order valence-electron chi connectivity index (χ1n) is 16.1. The minimum atomic E-state index is -3.53. The SMILES string of the molecule is CNC(=O)N[C@H]1CCC[C@@H]1C(C)(c1ccccc1)C1CCN(CC2CN(c3ccc(S(=O)(=O)c4ccncc4)cc3)C2)CC1. The number of likely N-dealkylation sites (tertiary alicyclic amines) is 1. The van der Waals surface area contributed by atoms with Crippen molar-refractivity contribution in [1.82, 2.24) is 20.5 Å². The van der Waals surface area contributed by atoms with Crippen molar-refractivity contribution < 1.29 is 13.2 Å². The van der Waals surface area contributed by atoms with Crippen molar-refractivity contribution in [3.05, 3.63) is 84.7 Å². The number of rotatable bonds is 9. The van der Waals surface area contributed by atoms with Gasteiger partial charge in [0.05, 0.1) is 9.79 Å². The zero-order valence-electron chi connectivity index (χ0n) is 25.9. The molecular formula is C35H45N5O3S. The largest absolute Gasteiger partial charge is 0.371 e. The van der Waals surface area contributed by atoms with Gasteiger partial charge in [-0.25, -0.2) is 13.2 Å². The molecule has 0 bridgehead atoms. The summed E-state index contributed by atoms with van der Waals surface area (Å²) in [4.78, 5) is 21.8. The fraction of sp³-hybridized carbons (Fsp3) is 0.486. The van der Waals surface area contributed by atoms with Gasteiger partial charge in [-0.2, -0.15) is 0 Å². The second kappa shape index (κ2) is 12.9. The minimum Gasteiger partial charge on any atom is -0.371 e. The summed E-state index contributed by atoms with van der Waals surface area (Å²) in [6.07, 6.45) is 8.68. The normalized spacial score (nSPS) is 23.1. The van der Waals surface area contributed by atoms with Gasteiger partial charge in [0.15, 0.2) is 0 Å². The molecule has 44 heavy (non-hydrogen) atoms. The van der Waals surface area contributed by atoms with Gasteiger partial charge >= 0.3 is 6.03 Å². The molecule has 3 fully saturated rings. The standard InChI is InChI=1S/C35H45N5O3S/c1-35(27-7-4-3-5-8-27,32-9-6-10-33(32)38-34(41)36-2)28-17-21-39(22-18-28)23-26-24-40(25-26)29-11-13-30(14-12-29)44(42,43)31-15-19-37-20-16-31/h3-5,7-8,11-16,19-20,26,28,32-33H,6,9-10,17-18,21-25H2,1-2H3,(H2,36,38,41)/t32-,33-,35?/m0/s1. The highest BCUT2D eigenvalue weighted by atomic mass is 32.2. The van der Waals surface area contributed by atoms with Crippen molar-refractivity contribution in [3.8, 4) is 0 Å². The number of carbonyl (C=O) groups excluding carboxylic acids is 1. The maximum Gasteiger partial charge on any atom is 0.314 e. The summed E-state index contributed by atoms with van der Waals surface area (Å²) >= 11 is 0. The van der Waals surface area contributed by atoms with Crippen LogP contribution in [-0.2, 0) is 15.3 Å². The molecule has 6 rings (SSSR count). The third-order valence-electron chi connectivity index (χ3n) is 10.6. The number of pyridine rings is 1. The van der Waals surface area contributed by atoms with Crippen LogP contribution in [0.15, 0.2) is 88.9 Å². The van der Waals surface area contributed by atoms with E-state index in [0.717, 1.165) is 57.7 Å². The summed E-state index contributed by atoms with van der Waals surface area (Å²) in [7, 11) is -1.84. The van der Waals surface area contributed by atoms with E-state index in [4.69, 9.17) is 0 Å². The highest BCUT2D eigenvalue weighted by Crippen LogP contribution is 2.50. The summed E-state index contributed by atoms with van der Waals surface area (Å²) in [5.41, 5.74) is 2.49. The summed E-state index contributed by atoms with van der Waals surface area (Å²) in [5, 5.41) is 6.04. The second-order valence-electron chi connectivity index (χ2n) is 13.0. The molecule has 3 atom stereocenters. The number of nitrogens with one attached hydrogen (secondary N) is 2. The molecule has 3 heterocycles. The van der Waals surface area contributed by atoms with Gasteiger partial charge in [-0.15, -0.1) is 0 Å². The van der Waals surface area contributed by atoms with Crippen molar-refractivity contribution in [2.24, 2.45) is 17.8 Å². The molecule has 1 unspecified atom stereocenters. The molecule has 3 aromatic rings. The van der Waals surface area contributed by atoms with Gasteiger partial charge in [-0.05, 0) is 92.6 Å². The molecule has 8 nitrogen and oxygen atoms in total. The van der Waals surface area contributed by atoms with E-state index >= 15 is 0 Å². The van der Waals surface area contributed by atoms with Gasteiger partial charge in [-0.3, -0.25) is 4.98 Å². The molecule has 0 spiro atoms. The molecule has 2 aliphatic heterocycles. The van der Waals surface area contributed by atoms with E-state index in [-0.39, 0.29) is 22.4 Å². The monoisotopic (exact) mass is 615 g/mol. The molecule has 3 aliphatic rings. The van der Waals surface area contributed by atoms with Gasteiger partial charge in [0.25, 0.3) is 0 Å². The van der Waals surface area contributed by atoms with Crippen LogP contribution in [0.25, 0.3) is 0 Å². The lowest BCUT2D eigenvalue weighted by molar-refractivity contribution is 0.0787. The zero-order chi connectivity index (χ0) is 30.7. The Kier molecular flexibility index (Phi) is 8.96. The van der Waals surface area contributed by atoms with Gasteiger partial charge < -0.3 is 20.4 Å². The first-order chi connectivity index (χ1) is 21.3. The van der Waals surface area contributed by atoms with Crippen LogP contribution in [0.2, 0.25) is 0 Å². The van der Waals surface area contributed by atoms with Crippen molar-refractivity contribution >= 4 is 21.6 Å². The molecule has 2 aromatic carbocycles. The Balaban J connectivity index is 1.04. The smallest absolute Gasteiger partial charge is 0.314 e. The molecule has 2 amide bonds. The molecule has 0 radical (unpaired) electrons. The Labute approximate surface area is 262 Å². The lowest BCUT2D eigenvalue weighted by Crippen LogP contribution is -2.55. The van der Waals surface area contributed by atoms with Gasteiger partial charge in [0.2, 0.25) is 9.84 Å². The number of benzene rings is 2. The first-order valence-corrected chi connectivity index (χ1v) is 17.5. The minimum absolute atomic E-state index is 0.0137. The summed E-state index contributed by atoms with van der Waals surface area (Å²) in [6.45, 7) is 7.76. The van der Waals surface area contributed by atoms with Gasteiger partial charge in [-0.1, -0.05) is 43.7 Å². The summed E-state index contributed by atoms with van der Waals surface area (Å²) < 4.78 is 25.8. The Hall–Kier alpha value is -3.43. The molecule has 2 saturated heterocycles. The number of piperidine rings is 1. The average Bonchev–Trinajstić information content (AvgIpc) is 3.52. The van der Waals surface area contributed by atoms with E-state index in [1.54, 1.807) is 19.2 Å². The average molecular weight is 616 g/mol. The van der Waals surface area contributed by atoms with Crippen molar-refractivity contribution in [3.63, 3.8) is 0 Å². The quantitative estimate of drug-likeness (QED) is 0.347. The topological polar surface area (TPSA) is 94.6 Å². The highest BCUT2D eigenvalue weighted by Gasteiger charge is 2.48. The van der Waals surface area contributed by atoms with Crippen LogP contribution in [0.5, 0.6) is 0 Å². The second-order valence-corrected chi connectivity index (χ2v) is 15.0. The molecule has 1 aliphatic carbocycles. The first kappa shape index (κ1) is 30.6. The molecule has 234 valence electrons. The Bertz CT molecular complexity index is 1500. The number of hydrogen-bond acceptors (Lipinski definition) is 6. The maximum absolute atomic E-state index is 12.9. The number of sulfone groups is 1. The van der Waals surface area contributed by atoms with Crippen LogP contribution >= 0.6 is 0 Å². The Morgan fingerprint density at radius 3 is 2.23 bits per heavy atom. The number of aromatic nitrogens is 1. The van der Waals surface area contributed by atoms with Crippen LogP contribution in [0.3, 0.4) is 0 Å². The maximum atomic E-state index is 12.9. The lowest BCUT2D eigenvalue weighted by Gasteiger charge is -2.49. The van der Waals surface area contributed by atoms with Crippen molar-refractivity contribution in [1.29, 1.82) is 0 Å². The molecular weight excluding hydrogens is 570 g/mol. The van der Waals surface area contributed by atoms with E-state index in [2.05, 4.69) is 62.7 Å². The summed E-state index contributed by atoms with van der Waals surface area (Å²) in [5.74, 6) is 1.60. The molecule has 1 aromatic heterocycles. The fourth-order valence-corrected chi connectivity index (χ4v) is 9.35. The predicted octanol–water partition coefficient (Wildman–Crippen LogP) is 5.12. The number of nitrogens with zero attached hydrogens (tertiary/aromatic N) is 3. The van der Waals surface area contributed by atoms with Crippen LogP contribution in [0, 0.1) is 17.8 Å². The predicted molar refractivity (Wildman–Crippen MR) is 174 cm³/mol. The number of anilines is 1. The molecule has 9 heteroatoms. The van der Waals surface area contributed by atoms with E-state index in [0.29, 0.717) is 22.6 Å². The number of amides is 2. The van der Waals surface area contributed by atoms with Gasteiger partial charge in [0, 0.05) is 62.1 Å². The molecule has 2 N–H and O–H groups in total. The van der Waals surface area contributed by atoms with E-state index in [1.165, 1.54) is 42.9 Å². The van der Waals surface area contributed by atoms with Crippen LogP contribution in [0.4, 0.5) is 10.5 Å². The van der Waals surface area contributed by atoms with Crippen molar-refractivity contribution in [2.45, 2.75) is 60.3 Å². The van der Waals surface area contributed by atoms with Crippen molar-refractivity contribution in [2.75, 3.05) is 44.7 Å². The van der Waals surface area contributed by atoms with Gasteiger partial charge in [0.1, 0.15) is 0 Å².